The molecule has 0 spiro atoms. The maximum Gasteiger partial charge on any atom is 0.342 e. The fraction of sp³-hybridized carbons (Fsp3) is 0.600. The summed E-state index contributed by atoms with van der Waals surface area (Å²) in [4.78, 5) is 24.4. The molecule has 0 bridgehead atoms. The summed E-state index contributed by atoms with van der Waals surface area (Å²) < 4.78 is 37.7. The first-order valence-electron chi connectivity index (χ1n) is 9.94. The van der Waals surface area contributed by atoms with Crippen LogP contribution < -0.4 is 10.1 Å². The zero-order valence-corrected chi connectivity index (χ0v) is 18.1. The molecule has 0 saturated carbocycles. The highest BCUT2D eigenvalue weighted by Gasteiger charge is 2.27. The number of hydrogen-bond donors (Lipinski definition) is 1. The number of hydrogen-bond acceptors (Lipinski definition) is 6. The minimum absolute atomic E-state index is 0.0104. The zero-order valence-electron chi connectivity index (χ0n) is 17.3. The van der Waals surface area contributed by atoms with Gasteiger partial charge in [-0.25, -0.2) is 13.2 Å². The molecule has 0 radical (unpaired) electrons. The van der Waals surface area contributed by atoms with Crippen LogP contribution in [0.1, 0.15) is 56.3 Å². The van der Waals surface area contributed by atoms with Crippen molar-refractivity contribution in [1.82, 2.24) is 9.62 Å². The van der Waals surface area contributed by atoms with Gasteiger partial charge in [0.25, 0.3) is 5.91 Å². The number of nitrogens with one attached hydrogen (secondary N) is 1. The van der Waals surface area contributed by atoms with Gasteiger partial charge in [0, 0.05) is 19.1 Å². The van der Waals surface area contributed by atoms with E-state index in [9.17, 15) is 18.0 Å². The van der Waals surface area contributed by atoms with Gasteiger partial charge in [0.2, 0.25) is 10.0 Å². The molecule has 1 aliphatic heterocycles. The normalized spacial score (nSPS) is 16.5. The van der Waals surface area contributed by atoms with Gasteiger partial charge in [-0.2, -0.15) is 4.31 Å². The molecule has 0 unspecified atom stereocenters. The lowest BCUT2D eigenvalue weighted by molar-refractivity contribution is -0.124. The quantitative estimate of drug-likeness (QED) is 0.640. The number of nitrogens with zero attached hydrogens (tertiary/aromatic N) is 1. The van der Waals surface area contributed by atoms with Crippen LogP contribution in [0.2, 0.25) is 0 Å². The predicted molar refractivity (Wildman–Crippen MR) is 108 cm³/mol. The topological polar surface area (TPSA) is 102 Å². The van der Waals surface area contributed by atoms with Crippen molar-refractivity contribution in [2.45, 2.75) is 56.9 Å². The summed E-state index contributed by atoms with van der Waals surface area (Å²) in [5, 5.41) is 2.70. The van der Waals surface area contributed by atoms with Gasteiger partial charge in [0.05, 0.1) is 12.0 Å². The molecular formula is C20H30N2O6S. The van der Waals surface area contributed by atoms with Crippen LogP contribution in [0, 0.1) is 0 Å². The Morgan fingerprint density at radius 2 is 1.83 bits per heavy atom. The van der Waals surface area contributed by atoms with Gasteiger partial charge in [-0.05, 0) is 44.4 Å². The molecule has 1 saturated heterocycles. The van der Waals surface area contributed by atoms with E-state index in [1.54, 1.807) is 0 Å². The Balaban J connectivity index is 2.19. The van der Waals surface area contributed by atoms with Gasteiger partial charge in [0.1, 0.15) is 11.3 Å². The monoisotopic (exact) mass is 426 g/mol. The molecule has 0 aromatic heterocycles. The second kappa shape index (κ2) is 10.6. The SMILES string of the molecule is CC[C@@H](C)NC(=O)COC(=O)c1cc(S(=O)(=O)N2CCCCCC2)ccc1OC. The summed E-state index contributed by atoms with van der Waals surface area (Å²) in [6.45, 7) is 4.25. The van der Waals surface area contributed by atoms with Crippen LogP contribution in [-0.2, 0) is 19.6 Å². The van der Waals surface area contributed by atoms with Crippen molar-refractivity contribution in [1.29, 1.82) is 0 Å². The molecule has 1 atom stereocenters. The Hall–Kier alpha value is -2.13. The number of carbonyl (C=O) groups is 2. The summed E-state index contributed by atoms with van der Waals surface area (Å²) in [6.07, 6.45) is 4.39. The predicted octanol–water partition coefficient (Wildman–Crippen LogP) is 2.33. The third-order valence-corrected chi connectivity index (χ3v) is 6.84. The van der Waals surface area contributed by atoms with E-state index < -0.39 is 28.5 Å². The van der Waals surface area contributed by atoms with Crippen LogP contribution in [-0.4, -0.2) is 57.4 Å². The molecule has 1 aliphatic rings. The maximum absolute atomic E-state index is 13.0. The second-order valence-electron chi connectivity index (χ2n) is 7.13. The maximum atomic E-state index is 13.0. The molecular weight excluding hydrogens is 396 g/mol. The molecule has 1 heterocycles. The molecule has 1 aromatic rings. The van der Waals surface area contributed by atoms with Crippen LogP contribution in [0.3, 0.4) is 0 Å². The van der Waals surface area contributed by atoms with E-state index in [0.717, 1.165) is 32.1 Å². The highest BCUT2D eigenvalue weighted by Crippen LogP contribution is 2.26. The van der Waals surface area contributed by atoms with E-state index in [-0.39, 0.29) is 22.3 Å². The number of methoxy groups -OCH3 is 1. The van der Waals surface area contributed by atoms with Crippen molar-refractivity contribution in [3.05, 3.63) is 23.8 Å². The van der Waals surface area contributed by atoms with E-state index in [1.807, 2.05) is 13.8 Å². The number of carbonyl (C=O) groups excluding carboxylic acids is 2. The zero-order chi connectivity index (χ0) is 21.4. The first-order chi connectivity index (χ1) is 13.8. The van der Waals surface area contributed by atoms with Gasteiger partial charge in [-0.15, -0.1) is 0 Å². The van der Waals surface area contributed by atoms with E-state index >= 15 is 0 Å². The lowest BCUT2D eigenvalue weighted by atomic mass is 10.2. The Morgan fingerprint density at radius 3 is 2.41 bits per heavy atom. The van der Waals surface area contributed by atoms with Crippen molar-refractivity contribution in [3.63, 3.8) is 0 Å². The van der Waals surface area contributed by atoms with Gasteiger partial charge in [-0.3, -0.25) is 4.79 Å². The third kappa shape index (κ3) is 6.17. The first kappa shape index (κ1) is 23.2. The molecule has 1 amide bonds. The van der Waals surface area contributed by atoms with Crippen LogP contribution >= 0.6 is 0 Å². The minimum Gasteiger partial charge on any atom is -0.496 e. The lowest BCUT2D eigenvalue weighted by Crippen LogP contribution is -2.35. The van der Waals surface area contributed by atoms with Gasteiger partial charge >= 0.3 is 5.97 Å². The lowest BCUT2D eigenvalue weighted by Gasteiger charge is -2.20. The van der Waals surface area contributed by atoms with E-state index in [2.05, 4.69) is 5.32 Å². The van der Waals surface area contributed by atoms with Crippen molar-refractivity contribution < 1.29 is 27.5 Å². The van der Waals surface area contributed by atoms with Crippen molar-refractivity contribution in [3.8, 4) is 5.75 Å². The van der Waals surface area contributed by atoms with Gasteiger partial charge < -0.3 is 14.8 Å². The largest absolute Gasteiger partial charge is 0.496 e. The molecule has 1 N–H and O–H groups in total. The van der Waals surface area contributed by atoms with Crippen molar-refractivity contribution in [2.75, 3.05) is 26.8 Å². The molecule has 1 fully saturated rings. The summed E-state index contributed by atoms with van der Waals surface area (Å²) in [6, 6.07) is 4.08. The minimum atomic E-state index is -3.73. The van der Waals surface area contributed by atoms with E-state index in [1.165, 1.54) is 29.6 Å². The number of sulfonamides is 1. The number of amides is 1. The second-order valence-corrected chi connectivity index (χ2v) is 9.07. The van der Waals surface area contributed by atoms with E-state index in [4.69, 9.17) is 9.47 Å². The summed E-state index contributed by atoms with van der Waals surface area (Å²) in [5.74, 6) is -1.04. The Labute approximate surface area is 172 Å². The Morgan fingerprint density at radius 1 is 1.17 bits per heavy atom. The van der Waals surface area contributed by atoms with Gasteiger partial charge in [-0.1, -0.05) is 19.8 Å². The molecule has 9 heteroatoms. The van der Waals surface area contributed by atoms with Crippen molar-refractivity contribution >= 4 is 21.9 Å². The fourth-order valence-corrected chi connectivity index (χ4v) is 4.61. The van der Waals surface area contributed by atoms with Crippen LogP contribution in [0.4, 0.5) is 0 Å². The molecule has 29 heavy (non-hydrogen) atoms. The van der Waals surface area contributed by atoms with Crippen LogP contribution in [0.15, 0.2) is 23.1 Å². The smallest absolute Gasteiger partial charge is 0.342 e. The summed E-state index contributed by atoms with van der Waals surface area (Å²) in [5.41, 5.74) is -0.0280. The number of esters is 1. The number of ether oxygens (including phenoxy) is 2. The molecule has 1 aromatic carbocycles. The van der Waals surface area contributed by atoms with Crippen molar-refractivity contribution in [2.24, 2.45) is 0 Å². The highest BCUT2D eigenvalue weighted by atomic mass is 32.2. The first-order valence-corrected chi connectivity index (χ1v) is 11.4. The Kier molecular flexibility index (Phi) is 8.45. The van der Waals surface area contributed by atoms with Gasteiger partial charge in [0.15, 0.2) is 6.61 Å². The molecule has 0 aliphatic carbocycles. The number of benzene rings is 1. The average molecular weight is 427 g/mol. The Bertz CT molecular complexity index is 816. The van der Waals surface area contributed by atoms with Crippen LogP contribution in [0.25, 0.3) is 0 Å². The molecule has 162 valence electrons. The third-order valence-electron chi connectivity index (χ3n) is 4.95. The molecule has 2 rings (SSSR count). The standard InChI is InChI=1S/C20H30N2O6S/c1-4-15(2)21-19(23)14-28-20(24)17-13-16(9-10-18(17)27-3)29(25,26)22-11-7-5-6-8-12-22/h9-10,13,15H,4-8,11-12,14H2,1-3H3,(H,21,23)/t15-/m1/s1. The highest BCUT2D eigenvalue weighted by molar-refractivity contribution is 7.89. The number of rotatable bonds is 8. The van der Waals surface area contributed by atoms with E-state index in [0.29, 0.717) is 13.1 Å². The molecule has 8 nitrogen and oxygen atoms in total. The fourth-order valence-electron chi connectivity index (χ4n) is 3.07. The average Bonchev–Trinajstić information content (AvgIpc) is 3.01. The van der Waals surface area contributed by atoms with Crippen LogP contribution in [0.5, 0.6) is 5.75 Å². The summed E-state index contributed by atoms with van der Waals surface area (Å²) >= 11 is 0. The summed E-state index contributed by atoms with van der Waals surface area (Å²) in [7, 11) is -2.35.